The first kappa shape index (κ1) is 22.7. The summed E-state index contributed by atoms with van der Waals surface area (Å²) in [5, 5.41) is 0. The molecule has 2 aromatic rings. The van der Waals surface area contributed by atoms with E-state index in [1.54, 1.807) is 17.2 Å². The van der Waals surface area contributed by atoms with E-state index in [0.717, 1.165) is 49.5 Å². The summed E-state index contributed by atoms with van der Waals surface area (Å²) in [4.78, 5) is 5.80. The number of aryl methyl sites for hydroxylation is 2. The molecule has 1 atom stereocenters. The van der Waals surface area contributed by atoms with Gasteiger partial charge >= 0.3 is 6.18 Å². The molecule has 0 amide bonds. The number of alkyl halides is 3. The van der Waals surface area contributed by atoms with Gasteiger partial charge in [-0.25, -0.2) is 4.98 Å². The Morgan fingerprint density at radius 1 is 0.818 bits per heavy atom. The molecular formula is C28H35F3N2. The normalized spacial score (nSPS) is 22.9. The molecule has 3 aliphatic rings. The van der Waals surface area contributed by atoms with Crippen molar-refractivity contribution in [2.75, 3.05) is 18.0 Å². The maximum atomic E-state index is 12.8. The third kappa shape index (κ3) is 5.38. The molecule has 1 saturated carbocycles. The van der Waals surface area contributed by atoms with Gasteiger partial charge in [0.1, 0.15) is 5.69 Å². The lowest BCUT2D eigenvalue weighted by atomic mass is 9.86. The highest BCUT2D eigenvalue weighted by Crippen LogP contribution is 2.37. The molecule has 1 aromatic heterocycles. The van der Waals surface area contributed by atoms with E-state index in [-0.39, 0.29) is 0 Å². The van der Waals surface area contributed by atoms with Crippen molar-refractivity contribution < 1.29 is 13.2 Å². The summed E-state index contributed by atoms with van der Waals surface area (Å²) in [5.74, 6) is 2.41. The molecule has 5 rings (SSSR count). The first-order valence-electron chi connectivity index (χ1n) is 12.9. The molecule has 1 aromatic carbocycles. The Balaban J connectivity index is 1.18. The summed E-state index contributed by atoms with van der Waals surface area (Å²) in [6.45, 7) is 1.72. The molecule has 0 spiro atoms. The molecule has 5 heteroatoms. The molecule has 178 valence electrons. The molecule has 1 unspecified atom stereocenters. The average molecular weight is 457 g/mol. The van der Waals surface area contributed by atoms with Crippen LogP contribution in [0.15, 0.2) is 36.5 Å². The minimum absolute atomic E-state index is 0.534. The van der Waals surface area contributed by atoms with E-state index in [1.165, 1.54) is 69.5 Å². The number of anilines is 1. The molecule has 2 heterocycles. The summed E-state index contributed by atoms with van der Waals surface area (Å²) in [6.07, 6.45) is 11.4. The molecule has 2 aliphatic carbocycles. The minimum atomic E-state index is -4.38. The fraction of sp³-hybridized carbons (Fsp3) is 0.607. The maximum absolute atomic E-state index is 12.8. The van der Waals surface area contributed by atoms with E-state index in [9.17, 15) is 13.2 Å². The highest BCUT2D eigenvalue weighted by atomic mass is 19.4. The summed E-state index contributed by atoms with van der Waals surface area (Å²) in [7, 11) is 0. The monoisotopic (exact) mass is 456 g/mol. The van der Waals surface area contributed by atoms with E-state index in [2.05, 4.69) is 28.1 Å². The van der Waals surface area contributed by atoms with Crippen molar-refractivity contribution in [1.82, 2.24) is 4.98 Å². The van der Waals surface area contributed by atoms with Gasteiger partial charge in [0.25, 0.3) is 0 Å². The Morgan fingerprint density at radius 3 is 2.18 bits per heavy atom. The summed E-state index contributed by atoms with van der Waals surface area (Å²) in [6, 6.07) is 9.85. The quantitative estimate of drug-likeness (QED) is 0.441. The number of nitrogens with zero attached hydrogens (tertiary/aromatic N) is 2. The van der Waals surface area contributed by atoms with Crippen LogP contribution in [-0.2, 0) is 19.0 Å². The second kappa shape index (κ2) is 9.68. The lowest BCUT2D eigenvalue weighted by molar-refractivity contribution is -0.141. The van der Waals surface area contributed by atoms with Gasteiger partial charge in [0.2, 0.25) is 0 Å². The summed E-state index contributed by atoms with van der Waals surface area (Å²) in [5.41, 5.74) is 4.54. The lowest BCUT2D eigenvalue weighted by Gasteiger charge is -2.34. The van der Waals surface area contributed by atoms with Gasteiger partial charge in [-0.15, -0.1) is 0 Å². The first-order valence-corrected chi connectivity index (χ1v) is 12.9. The van der Waals surface area contributed by atoms with Crippen LogP contribution >= 0.6 is 0 Å². The van der Waals surface area contributed by atoms with Crippen LogP contribution in [0, 0.1) is 11.8 Å². The fourth-order valence-corrected chi connectivity index (χ4v) is 6.40. The molecule has 1 aliphatic heterocycles. The van der Waals surface area contributed by atoms with Gasteiger partial charge in [0, 0.05) is 13.1 Å². The van der Waals surface area contributed by atoms with Crippen molar-refractivity contribution >= 4 is 5.69 Å². The van der Waals surface area contributed by atoms with E-state index in [0.29, 0.717) is 5.92 Å². The highest BCUT2D eigenvalue weighted by molar-refractivity contribution is 5.46. The third-order valence-corrected chi connectivity index (χ3v) is 8.39. The second-order valence-electron chi connectivity index (χ2n) is 10.5. The number of rotatable bonds is 4. The average Bonchev–Trinajstić information content (AvgIpc) is 3.25. The van der Waals surface area contributed by atoms with E-state index in [1.807, 2.05) is 0 Å². The Bertz CT molecular complexity index is 923. The molecule has 0 radical (unpaired) electrons. The molecular weight excluding hydrogens is 421 g/mol. The number of aromatic nitrogens is 1. The molecule has 33 heavy (non-hydrogen) atoms. The van der Waals surface area contributed by atoms with Crippen LogP contribution in [0.5, 0.6) is 0 Å². The van der Waals surface area contributed by atoms with E-state index < -0.39 is 11.9 Å². The zero-order valence-electron chi connectivity index (χ0n) is 19.4. The number of fused-ring (bicyclic) bond motifs is 1. The van der Waals surface area contributed by atoms with Crippen molar-refractivity contribution in [2.45, 2.75) is 82.7 Å². The maximum Gasteiger partial charge on any atom is 0.433 e. The van der Waals surface area contributed by atoms with Gasteiger partial charge < -0.3 is 4.90 Å². The van der Waals surface area contributed by atoms with Gasteiger partial charge in [-0.3, -0.25) is 0 Å². The molecule has 2 fully saturated rings. The third-order valence-electron chi connectivity index (χ3n) is 8.39. The Morgan fingerprint density at radius 2 is 1.52 bits per heavy atom. The van der Waals surface area contributed by atoms with Gasteiger partial charge in [0.05, 0.1) is 11.9 Å². The van der Waals surface area contributed by atoms with Crippen molar-refractivity contribution in [3.8, 4) is 0 Å². The van der Waals surface area contributed by atoms with Gasteiger partial charge in [-0.05, 0) is 91.5 Å². The Hall–Kier alpha value is -2.04. The molecule has 0 N–H and O–H groups in total. The van der Waals surface area contributed by atoms with Crippen LogP contribution in [0.4, 0.5) is 18.9 Å². The number of benzene rings is 1. The number of piperidine rings is 1. The zero-order valence-corrected chi connectivity index (χ0v) is 19.4. The Labute approximate surface area is 195 Å². The zero-order chi connectivity index (χ0) is 22.8. The highest BCUT2D eigenvalue weighted by Gasteiger charge is 2.32. The SMILES string of the molecule is FC(F)(F)c1ccc(N2CCC(c3ccc4c(c3)CCC(CC3CCCC3)CC4)CC2)cn1. The number of pyridine rings is 1. The van der Waals surface area contributed by atoms with E-state index in [4.69, 9.17) is 0 Å². The lowest BCUT2D eigenvalue weighted by Crippen LogP contribution is -2.33. The smallest absolute Gasteiger partial charge is 0.370 e. The summed E-state index contributed by atoms with van der Waals surface area (Å²) >= 11 is 0. The number of halogens is 3. The van der Waals surface area contributed by atoms with Crippen molar-refractivity contribution in [1.29, 1.82) is 0 Å². The van der Waals surface area contributed by atoms with Crippen molar-refractivity contribution in [2.24, 2.45) is 11.8 Å². The van der Waals surface area contributed by atoms with Gasteiger partial charge in [-0.1, -0.05) is 43.9 Å². The molecule has 1 saturated heterocycles. The second-order valence-corrected chi connectivity index (χ2v) is 10.5. The minimum Gasteiger partial charge on any atom is -0.370 e. The van der Waals surface area contributed by atoms with Crippen LogP contribution in [0.1, 0.15) is 86.1 Å². The van der Waals surface area contributed by atoms with Crippen LogP contribution in [0.25, 0.3) is 0 Å². The van der Waals surface area contributed by atoms with Gasteiger partial charge in [0.15, 0.2) is 0 Å². The topological polar surface area (TPSA) is 16.1 Å². The first-order chi connectivity index (χ1) is 16.0. The molecule has 2 nitrogen and oxygen atoms in total. The van der Waals surface area contributed by atoms with E-state index >= 15 is 0 Å². The fourth-order valence-electron chi connectivity index (χ4n) is 6.40. The van der Waals surface area contributed by atoms with Crippen LogP contribution in [-0.4, -0.2) is 18.1 Å². The standard InChI is InChI=1S/C28H35F3N2/c29-28(30,31)27-12-11-26(19-32-27)33-15-13-23(14-16-33)25-10-9-22-7-5-21(6-8-24(22)18-25)17-20-3-1-2-4-20/h9-12,18-21,23H,1-8,13-17H2. The number of hydrogen-bond donors (Lipinski definition) is 0. The number of hydrogen-bond acceptors (Lipinski definition) is 2. The van der Waals surface area contributed by atoms with Gasteiger partial charge in [-0.2, -0.15) is 13.2 Å². The van der Waals surface area contributed by atoms with Crippen LogP contribution < -0.4 is 4.90 Å². The predicted octanol–water partition coefficient (Wildman–Crippen LogP) is 7.56. The van der Waals surface area contributed by atoms with Crippen molar-refractivity contribution in [3.63, 3.8) is 0 Å². The summed E-state index contributed by atoms with van der Waals surface area (Å²) < 4.78 is 38.3. The molecule has 0 bridgehead atoms. The van der Waals surface area contributed by atoms with Crippen molar-refractivity contribution in [3.05, 3.63) is 58.9 Å². The van der Waals surface area contributed by atoms with Crippen LogP contribution in [0.2, 0.25) is 0 Å². The van der Waals surface area contributed by atoms with Crippen LogP contribution in [0.3, 0.4) is 0 Å². The Kier molecular flexibility index (Phi) is 6.67. The largest absolute Gasteiger partial charge is 0.433 e. The predicted molar refractivity (Wildman–Crippen MR) is 127 cm³/mol.